The van der Waals surface area contributed by atoms with Crippen molar-refractivity contribution >= 4 is 5.97 Å². The van der Waals surface area contributed by atoms with Crippen molar-refractivity contribution < 1.29 is 9.90 Å². The third kappa shape index (κ3) is 2.11. The van der Waals surface area contributed by atoms with Crippen LogP contribution in [0.1, 0.15) is 41.6 Å². The summed E-state index contributed by atoms with van der Waals surface area (Å²) in [5.41, 5.74) is 0.549. The van der Waals surface area contributed by atoms with E-state index in [1.54, 1.807) is 20.0 Å². The van der Waals surface area contributed by atoms with Crippen LogP contribution in [0.4, 0.5) is 0 Å². The van der Waals surface area contributed by atoms with Crippen molar-refractivity contribution in [2.24, 2.45) is 0 Å². The quantitative estimate of drug-likeness (QED) is 0.913. The molecule has 0 bridgehead atoms. The molecule has 0 aliphatic rings. The lowest BCUT2D eigenvalue weighted by molar-refractivity contribution is 0.0695. The summed E-state index contributed by atoms with van der Waals surface area (Å²) >= 11 is 0. The van der Waals surface area contributed by atoms with Crippen LogP contribution in [0, 0.1) is 13.8 Å². The minimum atomic E-state index is -1.06. The van der Waals surface area contributed by atoms with Crippen LogP contribution >= 0.6 is 0 Å². The van der Waals surface area contributed by atoms with Crippen LogP contribution in [0.5, 0.6) is 0 Å². The molecule has 1 N–H and O–H groups in total. The van der Waals surface area contributed by atoms with Crippen LogP contribution in [-0.4, -0.2) is 30.4 Å². The lowest BCUT2D eigenvalue weighted by Gasteiger charge is -2.11. The average molecular weight is 276 g/mol. The number of aromatic carboxylic acids is 1. The second-order valence-corrected chi connectivity index (χ2v) is 4.82. The predicted molar refractivity (Wildman–Crippen MR) is 72.4 cm³/mol. The van der Waals surface area contributed by atoms with Gasteiger partial charge in [0.15, 0.2) is 0 Å². The Labute approximate surface area is 115 Å². The molecule has 0 aliphatic heterocycles. The molecular formula is C13H16N4O3. The molecule has 2 aromatic heterocycles. The van der Waals surface area contributed by atoms with Crippen LogP contribution in [0.3, 0.4) is 0 Å². The summed E-state index contributed by atoms with van der Waals surface area (Å²) in [6.07, 6.45) is 3.11. The van der Waals surface area contributed by atoms with Crippen molar-refractivity contribution in [2.75, 3.05) is 0 Å². The summed E-state index contributed by atoms with van der Waals surface area (Å²) in [5, 5.41) is 13.3. The molecule has 0 aliphatic carbocycles. The van der Waals surface area contributed by atoms with E-state index in [9.17, 15) is 9.59 Å². The number of aromatic nitrogens is 4. The minimum Gasteiger partial charge on any atom is -0.478 e. The van der Waals surface area contributed by atoms with Gasteiger partial charge in [0.1, 0.15) is 5.56 Å². The van der Waals surface area contributed by atoms with Crippen molar-refractivity contribution in [2.45, 2.75) is 33.7 Å². The van der Waals surface area contributed by atoms with Crippen molar-refractivity contribution in [1.29, 1.82) is 0 Å². The Morgan fingerprint density at radius 2 is 2.00 bits per heavy atom. The first-order chi connectivity index (χ1) is 9.34. The summed E-state index contributed by atoms with van der Waals surface area (Å²) < 4.78 is 2.82. The van der Waals surface area contributed by atoms with Crippen LogP contribution in [0.2, 0.25) is 0 Å². The molecule has 7 nitrogen and oxygen atoms in total. The largest absolute Gasteiger partial charge is 0.478 e. The second-order valence-electron chi connectivity index (χ2n) is 4.82. The first kappa shape index (κ1) is 14.0. The lowest BCUT2D eigenvalue weighted by atomic mass is 10.2. The molecule has 0 radical (unpaired) electrons. The third-order valence-corrected chi connectivity index (χ3v) is 3.11. The molecule has 0 aromatic carbocycles. The summed E-state index contributed by atoms with van der Waals surface area (Å²) in [6.45, 7) is 6.97. The van der Waals surface area contributed by atoms with Gasteiger partial charge >= 0.3 is 5.97 Å². The number of carbonyl (C=O) groups is 1. The zero-order valence-electron chi connectivity index (χ0n) is 11.8. The van der Waals surface area contributed by atoms with Crippen molar-refractivity contribution in [3.05, 3.63) is 39.7 Å². The highest BCUT2D eigenvalue weighted by molar-refractivity contribution is 5.90. The maximum atomic E-state index is 12.3. The molecule has 2 heterocycles. The Hall–Kier alpha value is -2.44. The van der Waals surface area contributed by atoms with Gasteiger partial charge in [0.2, 0.25) is 5.82 Å². The molecule has 0 fully saturated rings. The van der Waals surface area contributed by atoms with E-state index in [4.69, 9.17) is 5.11 Å². The number of nitrogens with zero attached hydrogens (tertiary/aromatic N) is 4. The fourth-order valence-corrected chi connectivity index (χ4v) is 2.12. The average Bonchev–Trinajstić information content (AvgIpc) is 2.64. The van der Waals surface area contributed by atoms with Gasteiger partial charge in [0, 0.05) is 18.4 Å². The van der Waals surface area contributed by atoms with E-state index in [0.717, 1.165) is 0 Å². The number of carboxylic acids is 1. The van der Waals surface area contributed by atoms with Crippen molar-refractivity contribution in [3.8, 4) is 5.82 Å². The summed E-state index contributed by atoms with van der Waals surface area (Å²) in [6, 6.07) is -0.0137. The molecular weight excluding hydrogens is 260 g/mol. The SMILES string of the molecule is Cc1nn(-c2nccn(C(C)C)c2=O)c(C)c1C(=O)O. The second kappa shape index (κ2) is 4.92. The van der Waals surface area contributed by atoms with Gasteiger partial charge in [-0.2, -0.15) is 5.10 Å². The fraction of sp³-hybridized carbons (Fsp3) is 0.385. The summed E-state index contributed by atoms with van der Waals surface area (Å²) in [4.78, 5) is 27.6. The first-order valence-corrected chi connectivity index (χ1v) is 6.21. The van der Waals surface area contributed by atoms with Crippen LogP contribution < -0.4 is 5.56 Å². The highest BCUT2D eigenvalue weighted by Crippen LogP contribution is 2.15. The van der Waals surface area contributed by atoms with E-state index in [1.807, 2.05) is 13.8 Å². The van der Waals surface area contributed by atoms with Crippen LogP contribution in [0.25, 0.3) is 5.82 Å². The topological polar surface area (TPSA) is 90.0 Å². The molecule has 0 spiro atoms. The van der Waals surface area contributed by atoms with Crippen molar-refractivity contribution in [3.63, 3.8) is 0 Å². The zero-order chi connectivity index (χ0) is 15.0. The molecule has 0 saturated heterocycles. The number of rotatable bonds is 3. The highest BCUT2D eigenvalue weighted by atomic mass is 16.4. The predicted octanol–water partition coefficient (Wildman–Crippen LogP) is 1.32. The van der Waals surface area contributed by atoms with Gasteiger partial charge in [-0.25, -0.2) is 14.5 Å². The smallest absolute Gasteiger partial charge is 0.339 e. The molecule has 0 amide bonds. The van der Waals surface area contributed by atoms with Crippen LogP contribution in [-0.2, 0) is 0 Å². The molecule has 106 valence electrons. The standard InChI is InChI=1S/C13H16N4O3/c1-7(2)16-6-5-14-11(12(16)18)17-9(4)10(13(19)20)8(3)15-17/h5-7H,1-4H3,(H,19,20). The lowest BCUT2D eigenvalue weighted by Crippen LogP contribution is -2.27. The number of hydrogen-bond donors (Lipinski definition) is 1. The first-order valence-electron chi connectivity index (χ1n) is 6.21. The van der Waals surface area contributed by atoms with Gasteiger partial charge in [-0.3, -0.25) is 4.79 Å². The van der Waals surface area contributed by atoms with Crippen LogP contribution in [0.15, 0.2) is 17.2 Å². The molecule has 0 saturated carbocycles. The molecule has 0 atom stereocenters. The summed E-state index contributed by atoms with van der Waals surface area (Å²) in [5.74, 6) is -0.958. The Morgan fingerprint density at radius 3 is 2.50 bits per heavy atom. The van der Waals surface area contributed by atoms with Gasteiger partial charge < -0.3 is 9.67 Å². The fourth-order valence-electron chi connectivity index (χ4n) is 2.12. The van der Waals surface area contributed by atoms with E-state index in [2.05, 4.69) is 10.1 Å². The summed E-state index contributed by atoms with van der Waals surface area (Å²) in [7, 11) is 0. The minimum absolute atomic E-state index is 0.0137. The van der Waals surface area contributed by atoms with Crippen molar-refractivity contribution in [1.82, 2.24) is 19.3 Å². The van der Waals surface area contributed by atoms with E-state index in [1.165, 1.54) is 15.4 Å². The zero-order valence-corrected chi connectivity index (χ0v) is 11.8. The molecule has 2 aromatic rings. The monoisotopic (exact) mass is 276 g/mol. The van der Waals surface area contributed by atoms with Gasteiger partial charge in [-0.1, -0.05) is 0 Å². The molecule has 0 unspecified atom stereocenters. The Kier molecular flexibility index (Phi) is 3.44. The maximum absolute atomic E-state index is 12.3. The maximum Gasteiger partial charge on any atom is 0.339 e. The Morgan fingerprint density at radius 1 is 1.35 bits per heavy atom. The number of hydrogen-bond acceptors (Lipinski definition) is 4. The number of carboxylic acid groups (broad SMARTS) is 1. The van der Waals surface area contributed by atoms with E-state index < -0.39 is 5.97 Å². The Balaban J connectivity index is 2.71. The third-order valence-electron chi connectivity index (χ3n) is 3.11. The highest BCUT2D eigenvalue weighted by Gasteiger charge is 2.21. The van der Waals surface area contributed by atoms with Gasteiger partial charge in [-0.05, 0) is 27.7 Å². The molecule has 2 rings (SSSR count). The van der Waals surface area contributed by atoms with Gasteiger partial charge in [0.05, 0.1) is 11.4 Å². The van der Waals surface area contributed by atoms with Gasteiger partial charge in [0.25, 0.3) is 5.56 Å². The van der Waals surface area contributed by atoms with Gasteiger partial charge in [-0.15, -0.1) is 0 Å². The normalized spacial score (nSPS) is 11.1. The number of aryl methyl sites for hydroxylation is 1. The molecule has 20 heavy (non-hydrogen) atoms. The van der Waals surface area contributed by atoms with E-state index >= 15 is 0 Å². The molecule has 7 heteroatoms. The Bertz CT molecular complexity index is 728. The van der Waals surface area contributed by atoms with E-state index in [0.29, 0.717) is 11.4 Å². The van der Waals surface area contributed by atoms with E-state index in [-0.39, 0.29) is 23.0 Å².